The molecule has 0 heterocycles. The zero-order valence-corrected chi connectivity index (χ0v) is 13.2. The van der Waals surface area contributed by atoms with Gasteiger partial charge in [-0.3, -0.25) is 0 Å². The lowest BCUT2D eigenvalue weighted by Crippen LogP contribution is -2.23. The van der Waals surface area contributed by atoms with Crippen molar-refractivity contribution in [2.24, 2.45) is 0 Å². The maximum atomic E-state index is 11.7. The molecule has 3 nitrogen and oxygen atoms in total. The summed E-state index contributed by atoms with van der Waals surface area (Å²) in [5.41, 5.74) is 3.03. The van der Waals surface area contributed by atoms with Crippen LogP contribution in [0.5, 0.6) is 0 Å². The Morgan fingerprint density at radius 1 is 1.10 bits per heavy atom. The van der Waals surface area contributed by atoms with E-state index in [-0.39, 0.29) is 6.03 Å². The monoisotopic (exact) mass is 378 g/mol. The number of amides is 2. The molecule has 0 aliphatic carbocycles. The van der Waals surface area contributed by atoms with Gasteiger partial charge in [-0.1, -0.05) is 24.3 Å². The molecule has 0 bridgehead atoms. The van der Waals surface area contributed by atoms with Crippen LogP contribution >= 0.6 is 22.6 Å². The Morgan fingerprint density at radius 2 is 1.80 bits per heavy atom. The number of nitrogens with one attached hydrogen (secondary N) is 2. The third-order valence-electron chi connectivity index (χ3n) is 2.77. The molecule has 102 valence electrons. The van der Waals surface area contributed by atoms with Crippen LogP contribution < -0.4 is 10.6 Å². The van der Waals surface area contributed by atoms with Crippen molar-refractivity contribution in [3.63, 3.8) is 0 Å². The number of halogens is 1. The highest BCUT2D eigenvalue weighted by Gasteiger charge is 1.98. The first-order valence-corrected chi connectivity index (χ1v) is 7.28. The predicted octanol–water partition coefficient (Wildman–Crippen LogP) is 4.39. The summed E-state index contributed by atoms with van der Waals surface area (Å²) in [5.74, 6) is 0. The SMILES string of the molecule is Cc1ccccc1/C=C/NC(=O)Nc1ccc(I)cc1. The fraction of sp³-hybridized carbons (Fsp3) is 0.0625. The van der Waals surface area contributed by atoms with Crippen molar-refractivity contribution >= 4 is 40.4 Å². The maximum Gasteiger partial charge on any atom is 0.323 e. The van der Waals surface area contributed by atoms with Crippen molar-refractivity contribution in [1.82, 2.24) is 5.32 Å². The lowest BCUT2D eigenvalue weighted by atomic mass is 10.1. The van der Waals surface area contributed by atoms with Crippen molar-refractivity contribution in [3.8, 4) is 0 Å². The lowest BCUT2D eigenvalue weighted by Gasteiger charge is -2.04. The van der Waals surface area contributed by atoms with E-state index in [0.29, 0.717) is 0 Å². The number of hydrogen-bond acceptors (Lipinski definition) is 1. The minimum Gasteiger partial charge on any atom is -0.314 e. The summed E-state index contributed by atoms with van der Waals surface area (Å²) in [6.07, 6.45) is 3.52. The second-order valence-electron chi connectivity index (χ2n) is 4.30. The number of urea groups is 1. The highest BCUT2D eigenvalue weighted by atomic mass is 127. The number of hydrogen-bond donors (Lipinski definition) is 2. The van der Waals surface area contributed by atoms with Crippen molar-refractivity contribution in [3.05, 3.63) is 69.4 Å². The van der Waals surface area contributed by atoms with E-state index in [2.05, 4.69) is 33.2 Å². The van der Waals surface area contributed by atoms with Crippen molar-refractivity contribution in [2.75, 3.05) is 5.32 Å². The minimum atomic E-state index is -0.254. The molecule has 0 unspecified atom stereocenters. The van der Waals surface area contributed by atoms with Gasteiger partial charge in [0.1, 0.15) is 0 Å². The van der Waals surface area contributed by atoms with Crippen molar-refractivity contribution in [2.45, 2.75) is 6.92 Å². The van der Waals surface area contributed by atoms with Crippen LogP contribution in [0.2, 0.25) is 0 Å². The van der Waals surface area contributed by atoms with E-state index in [0.717, 1.165) is 14.8 Å². The Kier molecular flexibility index (Phi) is 5.17. The molecule has 20 heavy (non-hydrogen) atoms. The molecule has 0 saturated heterocycles. The molecular weight excluding hydrogens is 363 g/mol. The fourth-order valence-corrected chi connectivity index (χ4v) is 2.04. The zero-order valence-electron chi connectivity index (χ0n) is 11.1. The average molecular weight is 378 g/mol. The van der Waals surface area contributed by atoms with Crippen LogP contribution in [-0.2, 0) is 0 Å². The molecule has 4 heteroatoms. The van der Waals surface area contributed by atoms with E-state index >= 15 is 0 Å². The molecule has 2 rings (SSSR count). The van der Waals surface area contributed by atoms with E-state index in [4.69, 9.17) is 0 Å². The topological polar surface area (TPSA) is 41.1 Å². The zero-order chi connectivity index (χ0) is 14.4. The molecule has 2 aromatic carbocycles. The first-order valence-electron chi connectivity index (χ1n) is 6.20. The van der Waals surface area contributed by atoms with Gasteiger partial charge in [0, 0.05) is 15.5 Å². The molecule has 2 amide bonds. The first-order chi connectivity index (χ1) is 9.65. The van der Waals surface area contributed by atoms with E-state index < -0.39 is 0 Å². The molecule has 0 aliphatic heterocycles. The Hall–Kier alpha value is -1.82. The van der Waals surface area contributed by atoms with Crippen molar-refractivity contribution < 1.29 is 4.79 Å². The van der Waals surface area contributed by atoms with Gasteiger partial charge in [0.15, 0.2) is 0 Å². The second-order valence-corrected chi connectivity index (χ2v) is 5.54. The molecule has 0 saturated carbocycles. The number of aryl methyl sites for hydroxylation is 1. The van der Waals surface area contributed by atoms with E-state index in [1.54, 1.807) is 6.20 Å². The molecule has 0 spiro atoms. The van der Waals surface area contributed by atoms with Crippen LogP contribution in [-0.4, -0.2) is 6.03 Å². The predicted molar refractivity (Wildman–Crippen MR) is 91.5 cm³/mol. The minimum absolute atomic E-state index is 0.254. The van der Waals surface area contributed by atoms with Gasteiger partial charge in [-0.15, -0.1) is 0 Å². The Bertz CT molecular complexity index is 621. The Labute approximate surface area is 132 Å². The van der Waals surface area contributed by atoms with Gasteiger partial charge in [0.2, 0.25) is 0 Å². The van der Waals surface area contributed by atoms with Crippen LogP contribution in [0.15, 0.2) is 54.7 Å². The fourth-order valence-electron chi connectivity index (χ4n) is 1.68. The second kappa shape index (κ2) is 7.09. The summed E-state index contributed by atoms with van der Waals surface area (Å²) in [7, 11) is 0. The standard InChI is InChI=1S/C16H15IN2O/c1-12-4-2-3-5-13(12)10-11-18-16(20)19-15-8-6-14(17)7-9-15/h2-11H,1H3,(H2,18,19,20)/b11-10+. The number of carbonyl (C=O) groups is 1. The van der Waals surface area contributed by atoms with Gasteiger partial charge >= 0.3 is 6.03 Å². The largest absolute Gasteiger partial charge is 0.323 e. The van der Waals surface area contributed by atoms with Gasteiger partial charge in [0.05, 0.1) is 0 Å². The third-order valence-corrected chi connectivity index (χ3v) is 3.49. The van der Waals surface area contributed by atoms with E-state index in [1.165, 1.54) is 5.56 Å². The highest BCUT2D eigenvalue weighted by molar-refractivity contribution is 14.1. The highest BCUT2D eigenvalue weighted by Crippen LogP contribution is 2.11. The molecule has 0 radical (unpaired) electrons. The molecular formula is C16H15IN2O. The van der Waals surface area contributed by atoms with Crippen LogP contribution in [0.3, 0.4) is 0 Å². The van der Waals surface area contributed by atoms with Gasteiger partial charge in [-0.05, 0) is 71.0 Å². The van der Waals surface area contributed by atoms with E-state index in [9.17, 15) is 4.79 Å². The maximum absolute atomic E-state index is 11.7. The Morgan fingerprint density at radius 3 is 2.50 bits per heavy atom. The summed E-state index contributed by atoms with van der Waals surface area (Å²) in [5, 5.41) is 5.45. The first kappa shape index (κ1) is 14.6. The summed E-state index contributed by atoms with van der Waals surface area (Å²) >= 11 is 2.22. The number of benzene rings is 2. The van der Waals surface area contributed by atoms with Crippen LogP contribution in [0.1, 0.15) is 11.1 Å². The van der Waals surface area contributed by atoms with Crippen molar-refractivity contribution in [1.29, 1.82) is 0 Å². The number of anilines is 1. The van der Waals surface area contributed by atoms with Crippen LogP contribution in [0.4, 0.5) is 10.5 Å². The van der Waals surface area contributed by atoms with Crippen LogP contribution in [0.25, 0.3) is 6.08 Å². The van der Waals surface area contributed by atoms with Crippen LogP contribution in [0, 0.1) is 10.5 Å². The van der Waals surface area contributed by atoms with Gasteiger partial charge < -0.3 is 10.6 Å². The number of carbonyl (C=O) groups excluding carboxylic acids is 1. The average Bonchev–Trinajstić information content (AvgIpc) is 2.43. The summed E-state index contributed by atoms with van der Waals surface area (Å²) in [6, 6.07) is 15.4. The van der Waals surface area contributed by atoms with E-state index in [1.807, 2.05) is 61.5 Å². The normalized spacial score (nSPS) is 10.5. The van der Waals surface area contributed by atoms with Gasteiger partial charge in [0.25, 0.3) is 0 Å². The van der Waals surface area contributed by atoms with Gasteiger partial charge in [-0.25, -0.2) is 4.79 Å². The number of rotatable bonds is 3. The summed E-state index contributed by atoms with van der Waals surface area (Å²) in [6.45, 7) is 2.03. The molecule has 2 N–H and O–H groups in total. The molecule has 0 aliphatic rings. The smallest absolute Gasteiger partial charge is 0.314 e. The molecule has 0 fully saturated rings. The third kappa shape index (κ3) is 4.38. The molecule has 2 aromatic rings. The quantitative estimate of drug-likeness (QED) is 0.765. The Balaban J connectivity index is 1.89. The molecule has 0 atom stereocenters. The lowest BCUT2D eigenvalue weighted by molar-refractivity contribution is 0.255. The summed E-state index contributed by atoms with van der Waals surface area (Å²) < 4.78 is 1.13. The molecule has 0 aromatic heterocycles. The summed E-state index contributed by atoms with van der Waals surface area (Å²) in [4.78, 5) is 11.7. The van der Waals surface area contributed by atoms with Gasteiger partial charge in [-0.2, -0.15) is 0 Å².